The standard InChI is InChI=1S/C15H22N4S/c1-10-15(20-11(2)17-10)14(16)9-12-7-8-19(18-12)13-5-3-4-6-13/h7-8,13-14H,3-6,9,16H2,1-2H3. The van der Waals surface area contributed by atoms with Crippen LogP contribution in [0.15, 0.2) is 12.3 Å². The van der Waals surface area contributed by atoms with Crippen LogP contribution < -0.4 is 5.73 Å². The Labute approximate surface area is 124 Å². The van der Waals surface area contributed by atoms with Gasteiger partial charge in [-0.1, -0.05) is 12.8 Å². The predicted molar refractivity (Wildman–Crippen MR) is 82.0 cm³/mol. The molecule has 108 valence electrons. The van der Waals surface area contributed by atoms with E-state index >= 15 is 0 Å². The number of hydrogen-bond acceptors (Lipinski definition) is 4. The van der Waals surface area contributed by atoms with Crippen molar-refractivity contribution in [3.05, 3.63) is 33.5 Å². The van der Waals surface area contributed by atoms with E-state index in [1.807, 2.05) is 13.8 Å². The van der Waals surface area contributed by atoms with Crippen molar-refractivity contribution in [1.29, 1.82) is 0 Å². The Bertz CT molecular complexity index is 580. The summed E-state index contributed by atoms with van der Waals surface area (Å²) in [6.45, 7) is 4.07. The van der Waals surface area contributed by atoms with Crippen LogP contribution in [0.25, 0.3) is 0 Å². The van der Waals surface area contributed by atoms with E-state index in [0.717, 1.165) is 22.8 Å². The van der Waals surface area contributed by atoms with Gasteiger partial charge in [0.05, 0.1) is 22.4 Å². The van der Waals surface area contributed by atoms with Crippen molar-refractivity contribution in [2.24, 2.45) is 5.73 Å². The molecule has 1 saturated carbocycles. The van der Waals surface area contributed by atoms with Crippen LogP contribution in [0, 0.1) is 13.8 Å². The number of thiazole rings is 1. The van der Waals surface area contributed by atoms with Gasteiger partial charge in [0.15, 0.2) is 0 Å². The van der Waals surface area contributed by atoms with Gasteiger partial charge in [0.1, 0.15) is 0 Å². The summed E-state index contributed by atoms with van der Waals surface area (Å²) >= 11 is 1.70. The van der Waals surface area contributed by atoms with Crippen molar-refractivity contribution in [2.45, 2.75) is 58.0 Å². The second-order valence-electron chi connectivity index (χ2n) is 5.72. The van der Waals surface area contributed by atoms with E-state index in [2.05, 4.69) is 21.9 Å². The molecule has 1 aliphatic rings. The molecule has 2 aromatic rings. The summed E-state index contributed by atoms with van der Waals surface area (Å²) < 4.78 is 2.14. The highest BCUT2D eigenvalue weighted by Crippen LogP contribution is 2.29. The third-order valence-corrected chi connectivity index (χ3v) is 5.27. The molecule has 0 aromatic carbocycles. The Kier molecular flexibility index (Phi) is 3.89. The number of rotatable bonds is 4. The Hall–Kier alpha value is -1.20. The van der Waals surface area contributed by atoms with Crippen molar-refractivity contribution in [1.82, 2.24) is 14.8 Å². The molecule has 1 atom stereocenters. The van der Waals surface area contributed by atoms with Crippen molar-refractivity contribution in [3.8, 4) is 0 Å². The lowest BCUT2D eigenvalue weighted by Crippen LogP contribution is -2.14. The largest absolute Gasteiger partial charge is 0.323 e. The van der Waals surface area contributed by atoms with Crippen LogP contribution in [0.4, 0.5) is 0 Å². The lowest BCUT2D eigenvalue weighted by atomic mass is 10.1. The molecule has 1 fully saturated rings. The molecule has 1 aliphatic carbocycles. The molecule has 2 heterocycles. The van der Waals surface area contributed by atoms with Crippen LogP contribution >= 0.6 is 11.3 Å². The molecule has 20 heavy (non-hydrogen) atoms. The van der Waals surface area contributed by atoms with Crippen LogP contribution in [0.2, 0.25) is 0 Å². The fourth-order valence-corrected chi connectivity index (χ4v) is 4.00. The first-order valence-electron chi connectivity index (χ1n) is 7.37. The fraction of sp³-hybridized carbons (Fsp3) is 0.600. The van der Waals surface area contributed by atoms with Crippen LogP contribution in [0.1, 0.15) is 59.0 Å². The first kappa shape index (κ1) is 13.8. The molecule has 0 saturated heterocycles. The average Bonchev–Trinajstić information content (AvgIpc) is 3.09. The van der Waals surface area contributed by atoms with Gasteiger partial charge in [-0.05, 0) is 32.8 Å². The fourth-order valence-electron chi connectivity index (χ4n) is 3.07. The number of nitrogens with zero attached hydrogens (tertiary/aromatic N) is 3. The van der Waals surface area contributed by atoms with Crippen LogP contribution in [0.5, 0.6) is 0 Å². The van der Waals surface area contributed by atoms with Gasteiger partial charge in [-0.2, -0.15) is 5.10 Å². The summed E-state index contributed by atoms with van der Waals surface area (Å²) in [6, 6.07) is 2.72. The van der Waals surface area contributed by atoms with E-state index in [4.69, 9.17) is 10.8 Å². The minimum absolute atomic E-state index is 0.00753. The van der Waals surface area contributed by atoms with E-state index in [-0.39, 0.29) is 6.04 Å². The SMILES string of the molecule is Cc1nc(C)c(C(N)Cc2ccn(C3CCCC3)n2)s1. The summed E-state index contributed by atoms with van der Waals surface area (Å²) in [5, 5.41) is 5.80. The van der Waals surface area contributed by atoms with Crippen LogP contribution in [-0.2, 0) is 6.42 Å². The van der Waals surface area contributed by atoms with Gasteiger partial charge < -0.3 is 5.73 Å². The second-order valence-corrected chi connectivity index (χ2v) is 6.95. The molecule has 0 aliphatic heterocycles. The number of hydrogen-bond donors (Lipinski definition) is 1. The quantitative estimate of drug-likeness (QED) is 0.939. The summed E-state index contributed by atoms with van der Waals surface area (Å²) in [4.78, 5) is 5.65. The molecule has 2 aromatic heterocycles. The monoisotopic (exact) mass is 290 g/mol. The third kappa shape index (κ3) is 2.79. The van der Waals surface area contributed by atoms with Crippen molar-refractivity contribution in [2.75, 3.05) is 0 Å². The highest BCUT2D eigenvalue weighted by molar-refractivity contribution is 7.11. The number of nitrogens with two attached hydrogens (primary N) is 1. The average molecular weight is 290 g/mol. The lowest BCUT2D eigenvalue weighted by Gasteiger charge is -2.10. The van der Waals surface area contributed by atoms with E-state index in [9.17, 15) is 0 Å². The van der Waals surface area contributed by atoms with Gasteiger partial charge >= 0.3 is 0 Å². The maximum absolute atomic E-state index is 6.33. The molecule has 2 N–H and O–H groups in total. The molecular formula is C15H22N4S. The molecular weight excluding hydrogens is 268 g/mol. The normalized spacial score (nSPS) is 17.8. The zero-order chi connectivity index (χ0) is 14.1. The van der Waals surface area contributed by atoms with E-state index in [1.54, 1.807) is 11.3 Å². The molecule has 5 heteroatoms. The topological polar surface area (TPSA) is 56.7 Å². The molecule has 0 radical (unpaired) electrons. The van der Waals surface area contributed by atoms with Gasteiger partial charge in [-0.25, -0.2) is 4.98 Å². The van der Waals surface area contributed by atoms with Gasteiger partial charge in [-0.3, -0.25) is 4.68 Å². The number of aromatic nitrogens is 3. The lowest BCUT2D eigenvalue weighted by molar-refractivity contribution is 0.461. The Morgan fingerprint density at radius 2 is 2.15 bits per heavy atom. The molecule has 1 unspecified atom stereocenters. The van der Waals surface area contributed by atoms with E-state index in [1.165, 1.54) is 30.6 Å². The zero-order valence-corrected chi connectivity index (χ0v) is 13.0. The Morgan fingerprint density at radius 3 is 2.80 bits per heavy atom. The summed E-state index contributed by atoms with van der Waals surface area (Å²) in [5.41, 5.74) is 8.48. The van der Waals surface area contributed by atoms with Crippen LogP contribution in [-0.4, -0.2) is 14.8 Å². The maximum atomic E-state index is 6.33. The first-order chi connectivity index (χ1) is 9.63. The maximum Gasteiger partial charge on any atom is 0.0900 e. The summed E-state index contributed by atoms with van der Waals surface area (Å²) in [7, 11) is 0. The van der Waals surface area contributed by atoms with Crippen molar-refractivity contribution in [3.63, 3.8) is 0 Å². The highest BCUT2D eigenvalue weighted by atomic mass is 32.1. The van der Waals surface area contributed by atoms with Gasteiger partial charge in [0.25, 0.3) is 0 Å². The molecule has 4 nitrogen and oxygen atoms in total. The van der Waals surface area contributed by atoms with E-state index in [0.29, 0.717) is 6.04 Å². The molecule has 0 bridgehead atoms. The molecule has 0 amide bonds. The van der Waals surface area contributed by atoms with Crippen molar-refractivity contribution >= 4 is 11.3 Å². The Balaban J connectivity index is 1.69. The summed E-state index contributed by atoms with van der Waals surface area (Å²) in [6.07, 6.45) is 8.10. The first-order valence-corrected chi connectivity index (χ1v) is 8.18. The van der Waals surface area contributed by atoms with Gasteiger partial charge in [0, 0.05) is 23.5 Å². The highest BCUT2D eigenvalue weighted by Gasteiger charge is 2.19. The zero-order valence-electron chi connectivity index (χ0n) is 12.2. The minimum Gasteiger partial charge on any atom is -0.323 e. The van der Waals surface area contributed by atoms with E-state index < -0.39 is 0 Å². The smallest absolute Gasteiger partial charge is 0.0900 e. The molecule has 3 rings (SSSR count). The summed E-state index contributed by atoms with van der Waals surface area (Å²) in [5.74, 6) is 0. The second kappa shape index (κ2) is 5.66. The molecule has 0 spiro atoms. The third-order valence-electron chi connectivity index (χ3n) is 4.07. The van der Waals surface area contributed by atoms with Gasteiger partial charge in [-0.15, -0.1) is 11.3 Å². The van der Waals surface area contributed by atoms with Gasteiger partial charge in [0.2, 0.25) is 0 Å². The minimum atomic E-state index is 0.00753. The predicted octanol–water partition coefficient (Wildman–Crippen LogP) is 3.31. The van der Waals surface area contributed by atoms with Crippen molar-refractivity contribution < 1.29 is 0 Å². The van der Waals surface area contributed by atoms with Crippen LogP contribution in [0.3, 0.4) is 0 Å². The number of aryl methyl sites for hydroxylation is 2. The Morgan fingerprint density at radius 1 is 1.40 bits per heavy atom.